The number of esters is 1. The van der Waals surface area contributed by atoms with Crippen molar-refractivity contribution < 1.29 is 23.9 Å². The highest BCUT2D eigenvalue weighted by Crippen LogP contribution is 2.31. The Balaban J connectivity index is 1.45. The number of pyridine rings is 1. The van der Waals surface area contributed by atoms with Gasteiger partial charge in [0.2, 0.25) is 6.10 Å². The van der Waals surface area contributed by atoms with E-state index in [0.29, 0.717) is 50.2 Å². The molecule has 0 bridgehead atoms. The second-order valence-electron chi connectivity index (χ2n) is 9.61. The lowest BCUT2D eigenvalue weighted by molar-refractivity contribution is -0.159. The molecule has 0 saturated carbocycles. The van der Waals surface area contributed by atoms with Crippen molar-refractivity contribution in [3.8, 4) is 5.75 Å². The van der Waals surface area contributed by atoms with E-state index >= 15 is 0 Å². The molecule has 1 atom stereocenters. The molecule has 8 heteroatoms. The van der Waals surface area contributed by atoms with Crippen LogP contribution < -0.4 is 10.1 Å². The zero-order valence-electron chi connectivity index (χ0n) is 22.7. The van der Waals surface area contributed by atoms with Crippen molar-refractivity contribution in [1.82, 2.24) is 15.2 Å². The third-order valence-corrected chi connectivity index (χ3v) is 6.82. The quantitative estimate of drug-likeness (QED) is 0.403. The van der Waals surface area contributed by atoms with Crippen LogP contribution >= 0.6 is 0 Å². The molecule has 2 heterocycles. The van der Waals surface area contributed by atoms with Crippen LogP contribution in [0.1, 0.15) is 71.6 Å². The zero-order valence-corrected chi connectivity index (χ0v) is 22.7. The maximum atomic E-state index is 13.4. The molecule has 1 saturated heterocycles. The zero-order chi connectivity index (χ0) is 27.8. The fourth-order valence-corrected chi connectivity index (χ4v) is 4.89. The van der Waals surface area contributed by atoms with E-state index in [-0.39, 0.29) is 17.7 Å². The average molecular weight is 530 g/mol. The number of ether oxygens (including phenoxy) is 2. The number of piperidine rings is 1. The molecule has 39 heavy (non-hydrogen) atoms. The molecule has 3 aromatic rings. The monoisotopic (exact) mass is 529 g/mol. The van der Waals surface area contributed by atoms with Crippen molar-refractivity contribution in [2.24, 2.45) is 0 Å². The summed E-state index contributed by atoms with van der Waals surface area (Å²) in [6.45, 7) is 6.99. The first-order chi connectivity index (χ1) is 18.9. The number of hydrogen-bond donors (Lipinski definition) is 1. The van der Waals surface area contributed by atoms with Gasteiger partial charge in [-0.25, -0.2) is 0 Å². The van der Waals surface area contributed by atoms with Gasteiger partial charge >= 0.3 is 5.97 Å². The Bertz CT molecular complexity index is 1300. The van der Waals surface area contributed by atoms with E-state index in [1.807, 2.05) is 68.4 Å². The molecule has 8 nitrogen and oxygen atoms in total. The second-order valence-corrected chi connectivity index (χ2v) is 9.61. The number of carbonyl (C=O) groups excluding carboxylic acids is 3. The third-order valence-electron chi connectivity index (χ3n) is 6.82. The van der Waals surface area contributed by atoms with E-state index < -0.39 is 12.1 Å². The summed E-state index contributed by atoms with van der Waals surface area (Å²) in [5, 5.41) is 3.02. The summed E-state index contributed by atoms with van der Waals surface area (Å²) in [6, 6.07) is 20.4. The van der Waals surface area contributed by atoms with Gasteiger partial charge in [-0.3, -0.25) is 19.4 Å². The van der Waals surface area contributed by atoms with Crippen LogP contribution in [0.2, 0.25) is 0 Å². The van der Waals surface area contributed by atoms with Crippen molar-refractivity contribution >= 4 is 17.8 Å². The molecule has 204 valence electrons. The number of hydrogen-bond acceptors (Lipinski definition) is 6. The average Bonchev–Trinajstić information content (AvgIpc) is 2.95. The maximum absolute atomic E-state index is 13.4. The lowest BCUT2D eigenvalue weighted by Gasteiger charge is -2.34. The van der Waals surface area contributed by atoms with Gasteiger partial charge in [0.1, 0.15) is 5.75 Å². The van der Waals surface area contributed by atoms with Gasteiger partial charge in [-0.05, 0) is 44.9 Å². The smallest absolute Gasteiger partial charge is 0.303 e. The van der Waals surface area contributed by atoms with Crippen LogP contribution in [0.25, 0.3) is 0 Å². The van der Waals surface area contributed by atoms with Crippen molar-refractivity contribution in [1.29, 1.82) is 0 Å². The number of nitrogens with zero attached hydrogens (tertiary/aromatic N) is 2. The Hall–Kier alpha value is -4.20. The third kappa shape index (κ3) is 7.02. The van der Waals surface area contributed by atoms with Gasteiger partial charge in [0, 0.05) is 49.3 Å². The lowest BCUT2D eigenvalue weighted by Crippen LogP contribution is -2.42. The molecule has 1 fully saturated rings. The first-order valence-corrected chi connectivity index (χ1v) is 13.3. The number of aryl methyl sites for hydroxylation is 1. The van der Waals surface area contributed by atoms with Crippen molar-refractivity contribution in [2.45, 2.75) is 52.2 Å². The fourth-order valence-electron chi connectivity index (χ4n) is 4.89. The minimum absolute atomic E-state index is 0.0225. The minimum atomic E-state index is -0.974. The molecule has 0 aliphatic carbocycles. The van der Waals surface area contributed by atoms with Crippen LogP contribution in [-0.4, -0.2) is 47.4 Å². The van der Waals surface area contributed by atoms with E-state index in [9.17, 15) is 14.4 Å². The van der Waals surface area contributed by atoms with E-state index in [4.69, 9.17) is 14.5 Å². The summed E-state index contributed by atoms with van der Waals surface area (Å²) in [6.07, 6.45) is 0.326. The second kappa shape index (κ2) is 13.0. The van der Waals surface area contributed by atoms with E-state index in [1.165, 1.54) is 6.92 Å². The molecule has 0 radical (unpaired) electrons. The number of amides is 2. The summed E-state index contributed by atoms with van der Waals surface area (Å²) >= 11 is 0. The molecule has 1 aliphatic rings. The number of carbonyl (C=O) groups is 3. The largest absolute Gasteiger partial charge is 0.494 e. The Labute approximate surface area is 229 Å². The van der Waals surface area contributed by atoms with E-state index in [0.717, 1.165) is 22.7 Å². The summed E-state index contributed by atoms with van der Waals surface area (Å²) in [5.41, 5.74) is 3.67. The van der Waals surface area contributed by atoms with E-state index in [2.05, 4.69) is 5.32 Å². The molecule has 0 spiro atoms. The van der Waals surface area contributed by atoms with Crippen molar-refractivity contribution in [2.75, 3.05) is 19.7 Å². The van der Waals surface area contributed by atoms with Crippen LogP contribution in [0, 0.1) is 6.92 Å². The van der Waals surface area contributed by atoms with Crippen LogP contribution in [0.5, 0.6) is 5.75 Å². The molecule has 2 amide bonds. The fraction of sp³-hybridized carbons (Fsp3) is 0.355. The molecular weight excluding hydrogens is 494 g/mol. The lowest BCUT2D eigenvalue weighted by atomic mass is 9.89. The van der Waals surface area contributed by atoms with Crippen molar-refractivity contribution in [3.63, 3.8) is 0 Å². The standard InChI is InChI=1S/C31H35N3O5/c1-4-38-27-13-9-8-12-25(27)20-32-30(36)26-15-14-21(2)33-28(26)23-16-18-34(19-17-23)31(37)29(39-22(3)35)24-10-6-5-7-11-24/h5-15,23,29H,4,16-20H2,1-3H3,(H,32,36). The summed E-state index contributed by atoms with van der Waals surface area (Å²) in [7, 11) is 0. The molecule has 2 aromatic carbocycles. The molecule has 1 aromatic heterocycles. The Morgan fingerprint density at radius 2 is 1.69 bits per heavy atom. The van der Waals surface area contributed by atoms with Crippen molar-refractivity contribution in [3.05, 3.63) is 94.8 Å². The van der Waals surface area contributed by atoms with Crippen LogP contribution in [0.15, 0.2) is 66.7 Å². The van der Waals surface area contributed by atoms with Gasteiger partial charge in [-0.2, -0.15) is 0 Å². The first-order valence-electron chi connectivity index (χ1n) is 13.3. The number of likely N-dealkylation sites (tertiary alicyclic amines) is 1. The molecule has 1 N–H and O–H groups in total. The maximum Gasteiger partial charge on any atom is 0.303 e. The summed E-state index contributed by atoms with van der Waals surface area (Å²) in [4.78, 5) is 44.9. The predicted octanol–water partition coefficient (Wildman–Crippen LogP) is 4.73. The molecule has 4 rings (SSSR count). The number of aromatic nitrogens is 1. The number of nitrogens with one attached hydrogen (secondary N) is 1. The summed E-state index contributed by atoms with van der Waals surface area (Å²) < 4.78 is 11.1. The number of para-hydroxylation sites is 1. The predicted molar refractivity (Wildman–Crippen MR) is 147 cm³/mol. The number of rotatable bonds is 9. The van der Waals surface area contributed by atoms with Gasteiger partial charge in [0.25, 0.3) is 11.8 Å². The molecule has 1 unspecified atom stereocenters. The highest BCUT2D eigenvalue weighted by atomic mass is 16.5. The normalized spacial score (nSPS) is 14.4. The van der Waals surface area contributed by atoms with Gasteiger partial charge in [0.05, 0.1) is 17.9 Å². The van der Waals surface area contributed by atoms with Crippen LogP contribution in [0.4, 0.5) is 0 Å². The topological polar surface area (TPSA) is 97.8 Å². The van der Waals surface area contributed by atoms with Gasteiger partial charge in [-0.1, -0.05) is 48.5 Å². The van der Waals surface area contributed by atoms with Gasteiger partial charge < -0.3 is 19.7 Å². The van der Waals surface area contributed by atoms with E-state index in [1.54, 1.807) is 17.0 Å². The van der Waals surface area contributed by atoms with Gasteiger partial charge in [-0.15, -0.1) is 0 Å². The highest BCUT2D eigenvalue weighted by Gasteiger charge is 2.33. The molecule has 1 aliphatic heterocycles. The Morgan fingerprint density at radius 1 is 1.00 bits per heavy atom. The first kappa shape index (κ1) is 27.8. The number of benzene rings is 2. The molecular formula is C31H35N3O5. The van der Waals surface area contributed by atoms with Crippen LogP contribution in [-0.2, 0) is 20.9 Å². The highest BCUT2D eigenvalue weighted by molar-refractivity contribution is 5.95. The van der Waals surface area contributed by atoms with Gasteiger partial charge in [0.15, 0.2) is 0 Å². The Kier molecular flexibility index (Phi) is 9.31. The minimum Gasteiger partial charge on any atom is -0.494 e. The SMILES string of the molecule is CCOc1ccccc1CNC(=O)c1ccc(C)nc1C1CCN(C(=O)C(OC(C)=O)c2ccccc2)CC1. The summed E-state index contributed by atoms with van der Waals surface area (Å²) in [5.74, 6) is -0.161. The Morgan fingerprint density at radius 3 is 2.38 bits per heavy atom. The van der Waals surface area contributed by atoms with Crippen LogP contribution in [0.3, 0.4) is 0 Å².